The summed E-state index contributed by atoms with van der Waals surface area (Å²) in [7, 11) is 0. The third kappa shape index (κ3) is 0.849. The molecule has 2 aliphatic carbocycles. The number of carbonyl (C=O) groups excluding carboxylic acids is 2. The van der Waals surface area contributed by atoms with Crippen molar-refractivity contribution in [1.29, 1.82) is 0 Å². The molecule has 2 nitrogen and oxygen atoms in total. The second-order valence-electron chi connectivity index (χ2n) is 3.75. The fourth-order valence-corrected chi connectivity index (χ4v) is 2.70. The van der Waals surface area contributed by atoms with Gasteiger partial charge in [-0.2, -0.15) is 0 Å². The molecule has 0 heterocycles. The molecule has 3 atom stereocenters. The van der Waals surface area contributed by atoms with Crippen LogP contribution in [0, 0.1) is 17.8 Å². The van der Waals surface area contributed by atoms with Gasteiger partial charge >= 0.3 is 0 Å². The Morgan fingerprint density at radius 2 is 2.18 bits per heavy atom. The highest BCUT2D eigenvalue weighted by Gasteiger charge is 2.49. The van der Waals surface area contributed by atoms with Gasteiger partial charge in [0.1, 0.15) is 11.6 Å². The molecule has 11 heavy (non-hydrogen) atoms. The lowest BCUT2D eigenvalue weighted by Gasteiger charge is -2.07. The molecule has 0 saturated heterocycles. The van der Waals surface area contributed by atoms with E-state index in [0.717, 1.165) is 12.8 Å². The highest BCUT2D eigenvalue weighted by molar-refractivity contribution is 5.93. The van der Waals surface area contributed by atoms with Crippen LogP contribution in [0.2, 0.25) is 0 Å². The van der Waals surface area contributed by atoms with Crippen molar-refractivity contribution in [2.75, 3.05) is 0 Å². The number of ketones is 2. The quantitative estimate of drug-likeness (QED) is 0.565. The topological polar surface area (TPSA) is 34.1 Å². The third-order valence-corrected chi connectivity index (χ3v) is 3.14. The Labute approximate surface area is 66.0 Å². The van der Waals surface area contributed by atoms with E-state index >= 15 is 0 Å². The SMILES string of the molecule is CC(=O)C1C2CCC1C(=O)C2. The summed E-state index contributed by atoms with van der Waals surface area (Å²) >= 11 is 0. The zero-order valence-electron chi connectivity index (χ0n) is 6.67. The monoisotopic (exact) mass is 152 g/mol. The molecule has 3 unspecified atom stereocenters. The van der Waals surface area contributed by atoms with Crippen LogP contribution >= 0.6 is 0 Å². The first kappa shape index (κ1) is 7.01. The smallest absolute Gasteiger partial charge is 0.137 e. The van der Waals surface area contributed by atoms with Crippen LogP contribution in [0.15, 0.2) is 0 Å². The maximum absolute atomic E-state index is 11.2. The summed E-state index contributed by atoms with van der Waals surface area (Å²) in [5, 5.41) is 0. The number of carbonyl (C=O) groups is 2. The van der Waals surface area contributed by atoms with Crippen molar-refractivity contribution >= 4 is 11.6 Å². The van der Waals surface area contributed by atoms with Crippen LogP contribution in [0.4, 0.5) is 0 Å². The van der Waals surface area contributed by atoms with Gasteiger partial charge < -0.3 is 0 Å². The van der Waals surface area contributed by atoms with Crippen LogP contribution in [0.5, 0.6) is 0 Å². The van der Waals surface area contributed by atoms with E-state index in [1.165, 1.54) is 0 Å². The van der Waals surface area contributed by atoms with E-state index in [-0.39, 0.29) is 17.6 Å². The molecule has 0 aromatic carbocycles. The molecule has 0 aliphatic heterocycles. The number of fused-ring (bicyclic) bond motifs is 2. The molecule has 0 amide bonds. The molecule has 2 saturated carbocycles. The molecular weight excluding hydrogens is 140 g/mol. The number of hydrogen-bond acceptors (Lipinski definition) is 2. The van der Waals surface area contributed by atoms with Gasteiger partial charge in [-0.25, -0.2) is 0 Å². The summed E-state index contributed by atoms with van der Waals surface area (Å²) in [5.74, 6) is 1.18. The molecule has 0 spiro atoms. The molecular formula is C9H12O2. The zero-order chi connectivity index (χ0) is 8.01. The summed E-state index contributed by atoms with van der Waals surface area (Å²) in [6.45, 7) is 1.62. The average Bonchev–Trinajstić information content (AvgIpc) is 2.41. The van der Waals surface area contributed by atoms with E-state index in [2.05, 4.69) is 0 Å². The van der Waals surface area contributed by atoms with Crippen molar-refractivity contribution < 1.29 is 9.59 Å². The van der Waals surface area contributed by atoms with Gasteiger partial charge in [-0.3, -0.25) is 9.59 Å². The highest BCUT2D eigenvalue weighted by atomic mass is 16.1. The first-order valence-corrected chi connectivity index (χ1v) is 4.23. The molecule has 60 valence electrons. The Morgan fingerprint density at radius 1 is 1.45 bits per heavy atom. The summed E-state index contributed by atoms with van der Waals surface area (Å²) in [6, 6.07) is 0. The molecule has 2 fully saturated rings. The van der Waals surface area contributed by atoms with Crippen molar-refractivity contribution in [2.45, 2.75) is 26.2 Å². The average molecular weight is 152 g/mol. The van der Waals surface area contributed by atoms with Gasteiger partial charge in [-0.1, -0.05) is 0 Å². The minimum absolute atomic E-state index is 0.0995. The maximum Gasteiger partial charge on any atom is 0.137 e. The van der Waals surface area contributed by atoms with Crippen LogP contribution in [-0.4, -0.2) is 11.6 Å². The van der Waals surface area contributed by atoms with Crippen molar-refractivity contribution in [1.82, 2.24) is 0 Å². The van der Waals surface area contributed by atoms with Crippen LogP contribution in [0.25, 0.3) is 0 Å². The van der Waals surface area contributed by atoms with Crippen LogP contribution < -0.4 is 0 Å². The van der Waals surface area contributed by atoms with E-state index in [4.69, 9.17) is 0 Å². The summed E-state index contributed by atoms with van der Waals surface area (Å²) in [5.41, 5.74) is 0. The molecule has 2 rings (SSSR count). The minimum Gasteiger partial charge on any atom is -0.300 e. The van der Waals surface area contributed by atoms with Crippen molar-refractivity contribution in [3.05, 3.63) is 0 Å². The molecule has 0 N–H and O–H groups in total. The Balaban J connectivity index is 2.25. The third-order valence-electron chi connectivity index (χ3n) is 3.14. The lowest BCUT2D eigenvalue weighted by Crippen LogP contribution is -2.17. The van der Waals surface area contributed by atoms with Crippen LogP contribution in [-0.2, 0) is 9.59 Å². The Hall–Kier alpha value is -0.660. The van der Waals surface area contributed by atoms with Gasteiger partial charge in [-0.05, 0) is 25.7 Å². The molecule has 0 aromatic heterocycles. The van der Waals surface area contributed by atoms with Gasteiger partial charge in [0.15, 0.2) is 0 Å². The maximum atomic E-state index is 11.2. The van der Waals surface area contributed by atoms with E-state index in [9.17, 15) is 9.59 Å². The largest absolute Gasteiger partial charge is 0.300 e. The first-order chi connectivity index (χ1) is 5.20. The first-order valence-electron chi connectivity index (χ1n) is 4.23. The Morgan fingerprint density at radius 3 is 2.45 bits per heavy atom. The normalized spacial score (nSPS) is 41.5. The predicted molar refractivity (Wildman–Crippen MR) is 40.0 cm³/mol. The van der Waals surface area contributed by atoms with Gasteiger partial charge in [-0.15, -0.1) is 0 Å². The summed E-state index contributed by atoms with van der Waals surface area (Å²) < 4.78 is 0. The predicted octanol–water partition coefficient (Wildman–Crippen LogP) is 1.19. The van der Waals surface area contributed by atoms with Crippen molar-refractivity contribution in [3.63, 3.8) is 0 Å². The number of hydrogen-bond donors (Lipinski definition) is 0. The van der Waals surface area contributed by atoms with E-state index in [0.29, 0.717) is 18.1 Å². The Bertz CT molecular complexity index is 220. The van der Waals surface area contributed by atoms with E-state index in [1.54, 1.807) is 6.92 Å². The fourth-order valence-electron chi connectivity index (χ4n) is 2.70. The van der Waals surface area contributed by atoms with Crippen molar-refractivity contribution in [3.8, 4) is 0 Å². The molecule has 0 aromatic rings. The standard InChI is InChI=1S/C9H12O2/c1-5(10)9-6-2-3-7(9)8(11)4-6/h6-7,9H,2-4H2,1H3. The fraction of sp³-hybridized carbons (Fsp3) is 0.778. The minimum atomic E-state index is 0.0995. The van der Waals surface area contributed by atoms with Gasteiger partial charge in [0.05, 0.1) is 0 Å². The molecule has 0 radical (unpaired) electrons. The van der Waals surface area contributed by atoms with Gasteiger partial charge in [0.2, 0.25) is 0 Å². The van der Waals surface area contributed by atoms with E-state index < -0.39 is 0 Å². The summed E-state index contributed by atoms with van der Waals surface area (Å²) in [4.78, 5) is 22.3. The summed E-state index contributed by atoms with van der Waals surface area (Å²) in [6.07, 6.45) is 2.74. The molecule has 2 heteroatoms. The second-order valence-corrected chi connectivity index (χ2v) is 3.75. The second kappa shape index (κ2) is 2.16. The van der Waals surface area contributed by atoms with Gasteiger partial charge in [0, 0.05) is 18.3 Å². The van der Waals surface area contributed by atoms with E-state index in [1.807, 2.05) is 0 Å². The van der Waals surface area contributed by atoms with Crippen molar-refractivity contribution in [2.24, 2.45) is 17.8 Å². The Kier molecular flexibility index (Phi) is 1.38. The van der Waals surface area contributed by atoms with Crippen LogP contribution in [0.1, 0.15) is 26.2 Å². The lowest BCUT2D eigenvalue weighted by atomic mass is 9.94. The number of rotatable bonds is 1. The van der Waals surface area contributed by atoms with Crippen LogP contribution in [0.3, 0.4) is 0 Å². The zero-order valence-corrected chi connectivity index (χ0v) is 6.67. The molecule has 2 bridgehead atoms. The molecule has 2 aliphatic rings. The highest BCUT2D eigenvalue weighted by Crippen LogP contribution is 2.47. The van der Waals surface area contributed by atoms with Gasteiger partial charge in [0.25, 0.3) is 0 Å². The number of Topliss-reactive ketones (excluding diaryl/α,β-unsaturated/α-hetero) is 2. The lowest BCUT2D eigenvalue weighted by molar-refractivity contribution is -0.126.